The van der Waals surface area contributed by atoms with Crippen LogP contribution in [0.25, 0.3) is 11.1 Å². The number of nitrogens with zero attached hydrogens (tertiary/aromatic N) is 1. The molecule has 2 amide bonds. The Kier molecular flexibility index (Phi) is 11.2. The Morgan fingerprint density at radius 3 is 2.21 bits per heavy atom. The van der Waals surface area contributed by atoms with Crippen molar-refractivity contribution in [2.45, 2.75) is 25.4 Å². The number of amides is 2. The summed E-state index contributed by atoms with van der Waals surface area (Å²) >= 11 is 0. The van der Waals surface area contributed by atoms with E-state index in [0.29, 0.717) is 24.0 Å². The van der Waals surface area contributed by atoms with Gasteiger partial charge < -0.3 is 24.4 Å². The van der Waals surface area contributed by atoms with Gasteiger partial charge in [0.2, 0.25) is 0 Å². The van der Waals surface area contributed by atoms with Crippen LogP contribution in [0.2, 0.25) is 0 Å². The number of benzene rings is 4. The number of carbonyl (C=O) groups is 4. The molecule has 0 saturated carbocycles. The van der Waals surface area contributed by atoms with Gasteiger partial charge in [0.25, 0.3) is 11.8 Å². The van der Waals surface area contributed by atoms with E-state index in [1.807, 2.05) is 0 Å². The lowest BCUT2D eigenvalue weighted by Crippen LogP contribution is -2.25. The van der Waals surface area contributed by atoms with Gasteiger partial charge in [-0.3, -0.25) is 14.4 Å². The summed E-state index contributed by atoms with van der Waals surface area (Å²) in [6.07, 6.45) is -4.16. The first-order chi connectivity index (χ1) is 22.8. The molecule has 0 radical (unpaired) electrons. The lowest BCUT2D eigenvalue weighted by atomic mass is 9.94. The summed E-state index contributed by atoms with van der Waals surface area (Å²) in [5, 5.41) is 2.54. The van der Waals surface area contributed by atoms with Crippen LogP contribution >= 0.6 is 0 Å². The van der Waals surface area contributed by atoms with Gasteiger partial charge in [0.05, 0.1) is 42.2 Å². The summed E-state index contributed by atoms with van der Waals surface area (Å²) in [5.74, 6) is -2.36. The number of rotatable bonds is 11. The Hall–Kier alpha value is -5.65. The second-order valence-electron chi connectivity index (χ2n) is 10.8. The fraction of sp³-hybridized carbons (Fsp3) is 0.222. The third-order valence-corrected chi connectivity index (χ3v) is 7.31. The molecule has 250 valence electrons. The first-order valence-corrected chi connectivity index (χ1v) is 14.7. The summed E-state index contributed by atoms with van der Waals surface area (Å²) in [6, 6.07) is 20.6. The minimum absolute atomic E-state index is 0.00611. The van der Waals surface area contributed by atoms with Gasteiger partial charge in [-0.25, -0.2) is 4.79 Å². The molecule has 1 N–H and O–H groups in total. The van der Waals surface area contributed by atoms with Gasteiger partial charge in [-0.1, -0.05) is 48.5 Å². The van der Waals surface area contributed by atoms with Crippen molar-refractivity contribution in [2.24, 2.45) is 0 Å². The molecule has 0 aliphatic carbocycles. The molecule has 0 spiro atoms. The third kappa shape index (κ3) is 8.38. The van der Waals surface area contributed by atoms with Crippen LogP contribution in [0.15, 0.2) is 84.9 Å². The SMILES string of the molecule is COC(=O)c1ccc(OC(=O)CCCc2ccc(NC(=O)c3c(-c4ccccc4)cccc3C(F)(F)F)c(C(=O)N(C)C)c2)c(OC)c1. The van der Waals surface area contributed by atoms with Crippen LogP contribution in [0.3, 0.4) is 0 Å². The molecule has 4 aromatic carbocycles. The van der Waals surface area contributed by atoms with E-state index < -0.39 is 41.1 Å². The number of nitrogens with one attached hydrogen (secondary N) is 1. The van der Waals surface area contributed by atoms with Gasteiger partial charge in [0, 0.05) is 20.5 Å². The number of halogens is 3. The first kappa shape index (κ1) is 35.2. The molecule has 0 aliphatic heterocycles. The Balaban J connectivity index is 1.54. The van der Waals surface area contributed by atoms with Gasteiger partial charge in [-0.15, -0.1) is 0 Å². The van der Waals surface area contributed by atoms with E-state index in [-0.39, 0.29) is 40.3 Å². The number of alkyl halides is 3. The maximum Gasteiger partial charge on any atom is 0.417 e. The van der Waals surface area contributed by atoms with Gasteiger partial charge >= 0.3 is 18.1 Å². The highest BCUT2D eigenvalue weighted by Crippen LogP contribution is 2.37. The topological polar surface area (TPSA) is 111 Å². The second-order valence-corrected chi connectivity index (χ2v) is 10.8. The molecule has 0 bridgehead atoms. The zero-order valence-electron chi connectivity index (χ0n) is 26.6. The molecule has 48 heavy (non-hydrogen) atoms. The zero-order valence-corrected chi connectivity index (χ0v) is 26.6. The third-order valence-electron chi connectivity index (χ3n) is 7.31. The van der Waals surface area contributed by atoms with Gasteiger partial charge in [-0.2, -0.15) is 13.2 Å². The van der Waals surface area contributed by atoms with E-state index in [4.69, 9.17) is 9.47 Å². The highest BCUT2D eigenvalue weighted by atomic mass is 19.4. The molecular formula is C36H33F3N2O7. The van der Waals surface area contributed by atoms with Crippen molar-refractivity contribution in [3.8, 4) is 22.6 Å². The fourth-order valence-corrected chi connectivity index (χ4v) is 4.96. The van der Waals surface area contributed by atoms with Crippen molar-refractivity contribution < 1.29 is 46.6 Å². The number of hydrogen-bond donors (Lipinski definition) is 1. The van der Waals surface area contributed by atoms with Gasteiger partial charge in [-0.05, 0) is 65.9 Å². The second kappa shape index (κ2) is 15.3. The van der Waals surface area contributed by atoms with Crippen LogP contribution in [-0.4, -0.2) is 57.0 Å². The lowest BCUT2D eigenvalue weighted by molar-refractivity contribution is -0.138. The summed E-state index contributed by atoms with van der Waals surface area (Å²) in [7, 11) is 5.62. The Labute approximate surface area is 275 Å². The molecule has 0 fully saturated rings. The van der Waals surface area contributed by atoms with E-state index in [9.17, 15) is 32.3 Å². The summed E-state index contributed by atoms with van der Waals surface area (Å²) in [5.41, 5.74) is -0.214. The number of anilines is 1. The van der Waals surface area contributed by atoms with Crippen LogP contribution in [0.5, 0.6) is 11.5 Å². The average molecular weight is 663 g/mol. The van der Waals surface area contributed by atoms with E-state index in [1.54, 1.807) is 36.4 Å². The minimum Gasteiger partial charge on any atom is -0.493 e. The predicted molar refractivity (Wildman–Crippen MR) is 172 cm³/mol. The maximum absolute atomic E-state index is 14.1. The molecule has 4 rings (SSSR count). The molecule has 0 saturated heterocycles. The Morgan fingerprint density at radius 1 is 0.833 bits per heavy atom. The first-order valence-electron chi connectivity index (χ1n) is 14.7. The predicted octanol–water partition coefficient (Wildman–Crippen LogP) is 7.05. The molecule has 0 heterocycles. The highest BCUT2D eigenvalue weighted by molar-refractivity contribution is 6.12. The summed E-state index contributed by atoms with van der Waals surface area (Å²) in [4.78, 5) is 52.4. The largest absolute Gasteiger partial charge is 0.493 e. The van der Waals surface area contributed by atoms with E-state index in [1.165, 1.54) is 75.7 Å². The zero-order chi connectivity index (χ0) is 35.0. The average Bonchev–Trinajstić information content (AvgIpc) is 3.07. The van der Waals surface area contributed by atoms with Gasteiger partial charge in [0.15, 0.2) is 11.5 Å². The molecule has 0 unspecified atom stereocenters. The van der Waals surface area contributed by atoms with Crippen molar-refractivity contribution in [3.05, 3.63) is 113 Å². The van der Waals surface area contributed by atoms with Crippen molar-refractivity contribution in [1.82, 2.24) is 4.90 Å². The molecule has 12 heteroatoms. The smallest absolute Gasteiger partial charge is 0.417 e. The van der Waals surface area contributed by atoms with Crippen molar-refractivity contribution in [1.29, 1.82) is 0 Å². The monoisotopic (exact) mass is 662 g/mol. The number of methoxy groups -OCH3 is 2. The Morgan fingerprint density at radius 2 is 1.56 bits per heavy atom. The molecule has 0 aromatic heterocycles. The summed E-state index contributed by atoms with van der Waals surface area (Å²) < 4.78 is 57.6. The fourth-order valence-electron chi connectivity index (χ4n) is 4.96. The number of aryl methyl sites for hydroxylation is 1. The summed E-state index contributed by atoms with van der Waals surface area (Å²) in [6.45, 7) is 0. The Bertz CT molecular complexity index is 1820. The molecule has 9 nitrogen and oxygen atoms in total. The molecular weight excluding hydrogens is 629 g/mol. The van der Waals surface area contributed by atoms with Crippen LogP contribution in [-0.2, 0) is 22.1 Å². The van der Waals surface area contributed by atoms with E-state index >= 15 is 0 Å². The van der Waals surface area contributed by atoms with Crippen LogP contribution in [0.4, 0.5) is 18.9 Å². The molecule has 4 aromatic rings. The molecule has 0 aliphatic rings. The highest BCUT2D eigenvalue weighted by Gasteiger charge is 2.37. The van der Waals surface area contributed by atoms with Crippen LogP contribution < -0.4 is 14.8 Å². The molecule has 0 atom stereocenters. The van der Waals surface area contributed by atoms with Crippen molar-refractivity contribution in [2.75, 3.05) is 33.6 Å². The minimum atomic E-state index is -4.82. The normalized spacial score (nSPS) is 11.0. The number of carbonyl (C=O) groups excluding carboxylic acids is 4. The van der Waals surface area contributed by atoms with E-state index in [2.05, 4.69) is 10.1 Å². The number of ether oxygens (including phenoxy) is 3. The standard InChI is InChI=1S/C36H33F3N2O7/c1-41(2)34(44)26-20-22(10-8-15-31(42)48-29-19-17-24(35(45)47-4)21-30(29)46-3)16-18-28(26)40-33(43)32-25(23-11-6-5-7-12-23)13-9-14-27(32)36(37,38)39/h5-7,9,11-14,16-21H,8,10,15H2,1-4H3,(H,40,43). The van der Waals surface area contributed by atoms with Crippen LogP contribution in [0, 0.1) is 0 Å². The lowest BCUT2D eigenvalue weighted by Gasteiger charge is -2.19. The number of esters is 2. The van der Waals surface area contributed by atoms with Gasteiger partial charge in [0.1, 0.15) is 0 Å². The maximum atomic E-state index is 14.1. The quantitative estimate of drug-likeness (QED) is 0.135. The number of hydrogen-bond acceptors (Lipinski definition) is 7. The van der Waals surface area contributed by atoms with E-state index in [0.717, 1.165) is 6.07 Å². The van der Waals surface area contributed by atoms with Crippen molar-refractivity contribution >= 4 is 29.4 Å². The van der Waals surface area contributed by atoms with Crippen molar-refractivity contribution in [3.63, 3.8) is 0 Å². The van der Waals surface area contributed by atoms with Crippen LogP contribution in [0.1, 0.15) is 55.0 Å².